The fraction of sp³-hybridized carbons (Fsp3) is 0.700. The number of amides is 1. The molecule has 0 aliphatic heterocycles. The van der Waals surface area contributed by atoms with Gasteiger partial charge in [-0.2, -0.15) is 0 Å². The minimum absolute atomic E-state index is 0.0170. The summed E-state index contributed by atoms with van der Waals surface area (Å²) in [5.41, 5.74) is 5.24. The molecule has 3 heteroatoms. The molecule has 0 saturated heterocycles. The Bertz CT molecular complexity index is 245. The molecule has 0 unspecified atom stereocenters. The van der Waals surface area contributed by atoms with E-state index in [2.05, 4.69) is 17.2 Å². The molecule has 3 N–H and O–H groups in total. The summed E-state index contributed by atoms with van der Waals surface area (Å²) in [6.45, 7) is 2.40. The first-order valence-electron chi connectivity index (χ1n) is 4.66. The van der Waals surface area contributed by atoms with E-state index in [4.69, 9.17) is 5.73 Å². The van der Waals surface area contributed by atoms with Crippen LogP contribution in [0.5, 0.6) is 0 Å². The van der Waals surface area contributed by atoms with E-state index >= 15 is 0 Å². The Morgan fingerprint density at radius 1 is 1.62 bits per heavy atom. The lowest BCUT2D eigenvalue weighted by atomic mass is 9.77. The fourth-order valence-electron chi connectivity index (χ4n) is 1.32. The summed E-state index contributed by atoms with van der Waals surface area (Å²) in [6, 6.07) is 0. The molecule has 1 fully saturated rings. The average Bonchev–Trinajstić information content (AvgIpc) is 2.08. The molecule has 0 atom stereocenters. The van der Waals surface area contributed by atoms with Gasteiger partial charge in [0.05, 0.1) is 5.54 Å². The van der Waals surface area contributed by atoms with Crippen molar-refractivity contribution in [3.05, 3.63) is 0 Å². The Hall–Kier alpha value is -1.01. The third-order valence-electron chi connectivity index (χ3n) is 2.41. The van der Waals surface area contributed by atoms with Gasteiger partial charge in [-0.3, -0.25) is 4.79 Å². The highest BCUT2D eigenvalue weighted by Crippen LogP contribution is 2.28. The summed E-state index contributed by atoms with van der Waals surface area (Å²) in [7, 11) is 0. The number of carbonyl (C=O) groups is 1. The second kappa shape index (κ2) is 4.29. The van der Waals surface area contributed by atoms with Gasteiger partial charge >= 0.3 is 0 Å². The van der Waals surface area contributed by atoms with Crippen LogP contribution in [-0.2, 0) is 4.79 Å². The quantitative estimate of drug-likeness (QED) is 0.488. The number of carbonyl (C=O) groups excluding carboxylic acids is 1. The minimum atomic E-state index is -0.570. The first-order chi connectivity index (χ1) is 6.19. The van der Waals surface area contributed by atoms with E-state index < -0.39 is 5.54 Å². The molecule has 0 spiro atoms. The molecule has 13 heavy (non-hydrogen) atoms. The van der Waals surface area contributed by atoms with E-state index in [1.807, 2.05) is 0 Å². The van der Waals surface area contributed by atoms with Crippen LogP contribution in [0.25, 0.3) is 0 Å². The highest BCUT2D eigenvalue weighted by atomic mass is 16.2. The van der Waals surface area contributed by atoms with Crippen molar-refractivity contribution in [1.82, 2.24) is 5.32 Å². The molecular formula is C10H16N2O. The lowest BCUT2D eigenvalue weighted by Crippen LogP contribution is -2.58. The second-order valence-corrected chi connectivity index (χ2v) is 3.44. The molecule has 1 aliphatic rings. The van der Waals surface area contributed by atoms with Crippen LogP contribution in [0.4, 0.5) is 0 Å². The standard InChI is InChI=1S/C10H16N2O/c1-2-3-4-8-12-9(13)10(11)6-5-7-10/h4-8,11H2,1H3,(H,12,13). The number of hydrogen-bond donors (Lipinski definition) is 2. The molecule has 0 aromatic rings. The largest absolute Gasteiger partial charge is 0.354 e. The highest BCUT2D eigenvalue weighted by Gasteiger charge is 2.39. The van der Waals surface area contributed by atoms with Crippen LogP contribution in [0.1, 0.15) is 32.6 Å². The van der Waals surface area contributed by atoms with Gasteiger partial charge in [-0.15, -0.1) is 11.8 Å². The van der Waals surface area contributed by atoms with E-state index in [0.29, 0.717) is 13.0 Å². The number of hydrogen-bond acceptors (Lipinski definition) is 2. The zero-order valence-corrected chi connectivity index (χ0v) is 8.02. The van der Waals surface area contributed by atoms with Crippen LogP contribution >= 0.6 is 0 Å². The van der Waals surface area contributed by atoms with E-state index in [1.165, 1.54) is 0 Å². The zero-order chi connectivity index (χ0) is 9.73. The van der Waals surface area contributed by atoms with Gasteiger partial charge in [0, 0.05) is 13.0 Å². The van der Waals surface area contributed by atoms with Crippen LogP contribution in [0, 0.1) is 11.8 Å². The zero-order valence-electron chi connectivity index (χ0n) is 8.02. The van der Waals surface area contributed by atoms with Gasteiger partial charge < -0.3 is 11.1 Å². The van der Waals surface area contributed by atoms with Gasteiger partial charge in [-0.05, 0) is 26.2 Å². The fourth-order valence-corrected chi connectivity index (χ4v) is 1.32. The average molecular weight is 180 g/mol. The number of rotatable bonds is 3. The predicted molar refractivity (Wildman–Crippen MR) is 51.8 cm³/mol. The minimum Gasteiger partial charge on any atom is -0.354 e. The van der Waals surface area contributed by atoms with Crippen molar-refractivity contribution in [3.8, 4) is 11.8 Å². The predicted octanol–water partition coefficient (Wildman–Crippen LogP) is 0.397. The summed E-state index contributed by atoms with van der Waals surface area (Å²) in [4.78, 5) is 11.4. The molecule has 0 radical (unpaired) electrons. The van der Waals surface area contributed by atoms with Crippen LogP contribution < -0.4 is 11.1 Å². The first-order valence-corrected chi connectivity index (χ1v) is 4.66. The Balaban J connectivity index is 2.20. The molecule has 0 aromatic heterocycles. The molecule has 1 amide bonds. The topological polar surface area (TPSA) is 55.1 Å². The molecule has 1 aliphatic carbocycles. The van der Waals surface area contributed by atoms with Gasteiger partial charge in [-0.25, -0.2) is 0 Å². The van der Waals surface area contributed by atoms with E-state index in [0.717, 1.165) is 19.3 Å². The third kappa shape index (κ3) is 2.46. The van der Waals surface area contributed by atoms with Crippen molar-refractivity contribution in [3.63, 3.8) is 0 Å². The lowest BCUT2D eigenvalue weighted by molar-refractivity contribution is -0.129. The lowest BCUT2D eigenvalue weighted by Gasteiger charge is -2.36. The van der Waals surface area contributed by atoms with E-state index in [9.17, 15) is 4.79 Å². The SMILES string of the molecule is CC#CCCNC(=O)C1(N)CCC1. The maximum atomic E-state index is 11.4. The summed E-state index contributed by atoms with van der Waals surface area (Å²) in [5.74, 6) is 5.64. The van der Waals surface area contributed by atoms with Crippen LogP contribution in [0.2, 0.25) is 0 Å². The maximum Gasteiger partial charge on any atom is 0.240 e. The number of nitrogens with two attached hydrogens (primary N) is 1. The van der Waals surface area contributed by atoms with Gasteiger partial charge in [0.25, 0.3) is 0 Å². The van der Waals surface area contributed by atoms with Crippen molar-refractivity contribution in [1.29, 1.82) is 0 Å². The highest BCUT2D eigenvalue weighted by molar-refractivity contribution is 5.86. The van der Waals surface area contributed by atoms with Crippen LogP contribution in [0.15, 0.2) is 0 Å². The summed E-state index contributed by atoms with van der Waals surface area (Å²) >= 11 is 0. The second-order valence-electron chi connectivity index (χ2n) is 3.44. The normalized spacial score (nSPS) is 18.0. The van der Waals surface area contributed by atoms with Crippen molar-refractivity contribution in [2.24, 2.45) is 5.73 Å². The van der Waals surface area contributed by atoms with Gasteiger partial charge in [0.2, 0.25) is 5.91 Å². The van der Waals surface area contributed by atoms with Gasteiger partial charge in [0.1, 0.15) is 0 Å². The molecule has 1 saturated carbocycles. The molecular weight excluding hydrogens is 164 g/mol. The maximum absolute atomic E-state index is 11.4. The summed E-state index contributed by atoms with van der Waals surface area (Å²) in [5, 5.41) is 2.79. The van der Waals surface area contributed by atoms with Crippen LogP contribution in [-0.4, -0.2) is 18.0 Å². The molecule has 0 heterocycles. The van der Waals surface area contributed by atoms with Crippen LogP contribution in [0.3, 0.4) is 0 Å². The summed E-state index contributed by atoms with van der Waals surface area (Å²) in [6.07, 6.45) is 3.41. The molecule has 0 aromatic carbocycles. The third-order valence-corrected chi connectivity index (χ3v) is 2.41. The Morgan fingerprint density at radius 3 is 2.77 bits per heavy atom. The molecule has 3 nitrogen and oxygen atoms in total. The Kier molecular flexibility index (Phi) is 3.32. The van der Waals surface area contributed by atoms with Gasteiger partial charge in [0.15, 0.2) is 0 Å². The smallest absolute Gasteiger partial charge is 0.240 e. The van der Waals surface area contributed by atoms with E-state index in [1.54, 1.807) is 6.92 Å². The van der Waals surface area contributed by atoms with Crippen molar-refractivity contribution in [2.75, 3.05) is 6.54 Å². The summed E-state index contributed by atoms with van der Waals surface area (Å²) < 4.78 is 0. The van der Waals surface area contributed by atoms with E-state index in [-0.39, 0.29) is 5.91 Å². The Labute approximate surface area is 79.1 Å². The first kappa shape index (κ1) is 10.1. The van der Waals surface area contributed by atoms with Crippen molar-refractivity contribution < 1.29 is 4.79 Å². The molecule has 0 bridgehead atoms. The Morgan fingerprint density at radius 2 is 2.31 bits per heavy atom. The van der Waals surface area contributed by atoms with Gasteiger partial charge in [-0.1, -0.05) is 0 Å². The number of nitrogens with one attached hydrogen (secondary N) is 1. The van der Waals surface area contributed by atoms with Crippen molar-refractivity contribution in [2.45, 2.75) is 38.1 Å². The monoisotopic (exact) mass is 180 g/mol. The molecule has 72 valence electrons. The molecule has 1 rings (SSSR count). The van der Waals surface area contributed by atoms with Crippen molar-refractivity contribution >= 4 is 5.91 Å².